The molecule has 0 unspecified atom stereocenters. The third kappa shape index (κ3) is 3.77. The maximum atomic E-state index is 12.1. The van der Waals surface area contributed by atoms with E-state index in [0.717, 1.165) is 34.9 Å². The highest BCUT2D eigenvalue weighted by Crippen LogP contribution is 2.40. The van der Waals surface area contributed by atoms with Crippen molar-refractivity contribution in [3.05, 3.63) is 60.5 Å². The molecular weight excluding hydrogens is 384 g/mol. The van der Waals surface area contributed by atoms with Crippen molar-refractivity contribution in [1.29, 1.82) is 0 Å². The number of pyridine rings is 1. The Balaban J connectivity index is 1.30. The average Bonchev–Trinajstić information content (AvgIpc) is 3.34. The van der Waals surface area contributed by atoms with Crippen molar-refractivity contribution in [2.75, 3.05) is 10.6 Å². The first-order chi connectivity index (χ1) is 14.7. The molecule has 0 aliphatic heterocycles. The normalized spacial score (nSPS) is 13.8. The third-order valence-electron chi connectivity index (χ3n) is 4.77. The molecule has 5 rings (SSSR count). The van der Waals surface area contributed by atoms with E-state index in [9.17, 15) is 4.79 Å². The Labute approximate surface area is 171 Å². The summed E-state index contributed by atoms with van der Waals surface area (Å²) in [6.07, 6.45) is 6.82. The van der Waals surface area contributed by atoms with Gasteiger partial charge in [-0.05, 0) is 30.4 Å². The Morgan fingerprint density at radius 1 is 1.17 bits per heavy atom. The molecule has 3 aromatic heterocycles. The van der Waals surface area contributed by atoms with Gasteiger partial charge in [-0.25, -0.2) is 4.98 Å². The molecule has 150 valence electrons. The second-order valence-electron chi connectivity index (χ2n) is 7.09. The van der Waals surface area contributed by atoms with Crippen LogP contribution in [0, 0.1) is 6.92 Å². The first-order valence-corrected chi connectivity index (χ1v) is 9.56. The zero-order valence-electron chi connectivity index (χ0n) is 16.1. The molecule has 1 aromatic carbocycles. The fraction of sp³-hybridized carbons (Fsp3) is 0.190. The van der Waals surface area contributed by atoms with Crippen LogP contribution >= 0.6 is 0 Å². The van der Waals surface area contributed by atoms with Crippen LogP contribution in [0.1, 0.15) is 30.4 Å². The van der Waals surface area contributed by atoms with Crippen molar-refractivity contribution in [2.24, 2.45) is 0 Å². The lowest BCUT2D eigenvalue weighted by molar-refractivity contribution is -0.111. The van der Waals surface area contributed by atoms with E-state index in [2.05, 4.69) is 30.9 Å². The SMILES string of the molecule is Cc1nc(-c2ccc3ccnc(NC=CC(=O)Nc4cc(C5CC5)on4)c3c2)no1. The minimum atomic E-state index is -0.318. The number of hydrogen-bond donors (Lipinski definition) is 2. The summed E-state index contributed by atoms with van der Waals surface area (Å²) in [7, 11) is 0. The number of aromatic nitrogens is 4. The summed E-state index contributed by atoms with van der Waals surface area (Å²) in [5.41, 5.74) is 0.814. The molecule has 1 aliphatic carbocycles. The molecule has 0 atom stereocenters. The molecule has 9 nitrogen and oxygen atoms in total. The molecule has 1 fully saturated rings. The zero-order valence-corrected chi connectivity index (χ0v) is 16.1. The number of anilines is 2. The summed E-state index contributed by atoms with van der Waals surface area (Å²) in [5, 5.41) is 15.4. The van der Waals surface area contributed by atoms with Crippen LogP contribution in [0.5, 0.6) is 0 Å². The van der Waals surface area contributed by atoms with Gasteiger partial charge in [0.1, 0.15) is 11.6 Å². The quantitative estimate of drug-likeness (QED) is 0.464. The van der Waals surface area contributed by atoms with E-state index in [4.69, 9.17) is 9.05 Å². The second kappa shape index (κ2) is 7.43. The van der Waals surface area contributed by atoms with Gasteiger partial charge < -0.3 is 19.7 Å². The second-order valence-corrected chi connectivity index (χ2v) is 7.09. The van der Waals surface area contributed by atoms with Crippen LogP contribution in [0.3, 0.4) is 0 Å². The Morgan fingerprint density at radius 3 is 2.87 bits per heavy atom. The maximum Gasteiger partial charge on any atom is 0.251 e. The van der Waals surface area contributed by atoms with E-state index in [1.54, 1.807) is 19.2 Å². The van der Waals surface area contributed by atoms with Gasteiger partial charge in [0, 0.05) is 48.3 Å². The first kappa shape index (κ1) is 18.0. The third-order valence-corrected chi connectivity index (χ3v) is 4.77. The van der Waals surface area contributed by atoms with E-state index in [1.165, 1.54) is 12.3 Å². The van der Waals surface area contributed by atoms with Crippen LogP contribution in [0.2, 0.25) is 0 Å². The summed E-state index contributed by atoms with van der Waals surface area (Å²) in [6, 6.07) is 9.49. The number of benzene rings is 1. The predicted octanol–water partition coefficient (Wildman–Crippen LogP) is 4.02. The zero-order chi connectivity index (χ0) is 20.5. The number of carbonyl (C=O) groups excluding carboxylic acids is 1. The minimum absolute atomic E-state index is 0.318. The number of carbonyl (C=O) groups is 1. The topological polar surface area (TPSA) is 119 Å². The van der Waals surface area contributed by atoms with Crippen molar-refractivity contribution in [3.63, 3.8) is 0 Å². The van der Waals surface area contributed by atoms with Crippen LogP contribution in [0.15, 0.2) is 57.9 Å². The van der Waals surface area contributed by atoms with Crippen LogP contribution in [0.25, 0.3) is 22.2 Å². The fourth-order valence-electron chi connectivity index (χ4n) is 3.11. The highest BCUT2D eigenvalue weighted by Gasteiger charge is 2.28. The van der Waals surface area contributed by atoms with Gasteiger partial charge in [-0.2, -0.15) is 4.98 Å². The molecule has 0 radical (unpaired) electrons. The van der Waals surface area contributed by atoms with Crippen LogP contribution in [-0.2, 0) is 4.79 Å². The molecule has 1 aliphatic rings. The number of fused-ring (bicyclic) bond motifs is 1. The highest BCUT2D eigenvalue weighted by molar-refractivity contribution is 5.99. The van der Waals surface area contributed by atoms with Gasteiger partial charge in [0.05, 0.1) is 0 Å². The molecule has 1 amide bonds. The largest absolute Gasteiger partial charge is 0.359 e. The lowest BCUT2D eigenvalue weighted by Crippen LogP contribution is -2.08. The van der Waals surface area contributed by atoms with E-state index in [0.29, 0.717) is 29.3 Å². The van der Waals surface area contributed by atoms with Gasteiger partial charge in [0.2, 0.25) is 11.7 Å². The van der Waals surface area contributed by atoms with Crippen molar-refractivity contribution in [2.45, 2.75) is 25.7 Å². The molecule has 30 heavy (non-hydrogen) atoms. The van der Waals surface area contributed by atoms with Crippen LogP contribution in [0.4, 0.5) is 11.6 Å². The molecule has 0 bridgehead atoms. The lowest BCUT2D eigenvalue weighted by Gasteiger charge is -2.06. The van der Waals surface area contributed by atoms with Crippen LogP contribution in [-0.4, -0.2) is 26.2 Å². The monoisotopic (exact) mass is 402 g/mol. The first-order valence-electron chi connectivity index (χ1n) is 9.56. The molecule has 0 saturated heterocycles. The van der Waals surface area contributed by atoms with Gasteiger partial charge in [0.15, 0.2) is 5.82 Å². The summed E-state index contributed by atoms with van der Waals surface area (Å²) in [4.78, 5) is 20.8. The van der Waals surface area contributed by atoms with E-state index >= 15 is 0 Å². The minimum Gasteiger partial charge on any atom is -0.359 e. The van der Waals surface area contributed by atoms with Gasteiger partial charge in [-0.3, -0.25) is 4.79 Å². The number of rotatable bonds is 6. The Kier molecular flexibility index (Phi) is 4.47. The maximum absolute atomic E-state index is 12.1. The molecule has 0 spiro atoms. The van der Waals surface area contributed by atoms with E-state index in [-0.39, 0.29) is 5.91 Å². The van der Waals surface area contributed by atoms with Gasteiger partial charge in [-0.15, -0.1) is 0 Å². The van der Waals surface area contributed by atoms with Gasteiger partial charge in [-0.1, -0.05) is 22.4 Å². The molecule has 9 heteroatoms. The molecule has 3 heterocycles. The van der Waals surface area contributed by atoms with Crippen molar-refractivity contribution in [3.8, 4) is 11.4 Å². The standard InChI is InChI=1S/C21H18N6O3/c1-12-24-20(27-29-12)15-5-2-13-6-8-22-21(16(13)10-15)23-9-7-19(28)25-18-11-17(30-26-18)14-3-4-14/h2,5-11,14H,3-4H2,1H3,(H,22,23)(H,25,26,28). The van der Waals surface area contributed by atoms with Crippen molar-refractivity contribution >= 4 is 28.3 Å². The Morgan fingerprint density at radius 2 is 2.07 bits per heavy atom. The van der Waals surface area contributed by atoms with Crippen molar-refractivity contribution < 1.29 is 13.8 Å². The molecule has 2 N–H and O–H groups in total. The molecular formula is C21H18N6O3. The number of hydrogen-bond acceptors (Lipinski definition) is 8. The number of amides is 1. The molecule has 1 saturated carbocycles. The van der Waals surface area contributed by atoms with Gasteiger partial charge in [0.25, 0.3) is 5.91 Å². The summed E-state index contributed by atoms with van der Waals surface area (Å²) in [6.45, 7) is 1.74. The Hall–Kier alpha value is -4.01. The van der Waals surface area contributed by atoms with Crippen LogP contribution < -0.4 is 10.6 Å². The number of aryl methyl sites for hydroxylation is 1. The smallest absolute Gasteiger partial charge is 0.251 e. The lowest BCUT2D eigenvalue weighted by atomic mass is 10.1. The van der Waals surface area contributed by atoms with E-state index in [1.807, 2.05) is 24.3 Å². The summed E-state index contributed by atoms with van der Waals surface area (Å²) >= 11 is 0. The number of nitrogens with zero attached hydrogens (tertiary/aromatic N) is 4. The summed E-state index contributed by atoms with van der Waals surface area (Å²) in [5.74, 6) is 2.98. The Bertz CT molecular complexity index is 1250. The summed E-state index contributed by atoms with van der Waals surface area (Å²) < 4.78 is 10.3. The van der Waals surface area contributed by atoms with E-state index < -0.39 is 0 Å². The predicted molar refractivity (Wildman–Crippen MR) is 110 cm³/mol. The average molecular weight is 402 g/mol. The van der Waals surface area contributed by atoms with Gasteiger partial charge >= 0.3 is 0 Å². The fourth-order valence-corrected chi connectivity index (χ4v) is 3.11. The van der Waals surface area contributed by atoms with Crippen molar-refractivity contribution in [1.82, 2.24) is 20.3 Å². The number of nitrogens with one attached hydrogen (secondary N) is 2. The highest BCUT2D eigenvalue weighted by atomic mass is 16.5. The molecule has 4 aromatic rings.